The Hall–Kier alpha value is -2.51. The largest absolute Gasteiger partial charge is 0.459 e. The molecule has 0 saturated carbocycles. The Morgan fingerprint density at radius 3 is 2.61 bits per heavy atom. The van der Waals surface area contributed by atoms with Gasteiger partial charge in [0.15, 0.2) is 12.4 Å². The summed E-state index contributed by atoms with van der Waals surface area (Å²) >= 11 is 12.3. The van der Waals surface area contributed by atoms with Crippen molar-refractivity contribution < 1.29 is 23.5 Å². The highest BCUT2D eigenvalue weighted by Crippen LogP contribution is 2.30. The zero-order valence-corrected chi connectivity index (χ0v) is 20.0. The van der Waals surface area contributed by atoms with E-state index in [-0.39, 0.29) is 36.0 Å². The minimum Gasteiger partial charge on any atom is -0.459 e. The number of furan rings is 1. The van der Waals surface area contributed by atoms with E-state index in [1.807, 2.05) is 6.07 Å². The van der Waals surface area contributed by atoms with Crippen molar-refractivity contribution in [3.8, 4) is 0 Å². The van der Waals surface area contributed by atoms with Crippen LogP contribution in [0, 0.1) is 5.92 Å². The first-order chi connectivity index (χ1) is 15.9. The van der Waals surface area contributed by atoms with Gasteiger partial charge in [-0.2, -0.15) is 0 Å². The maximum atomic E-state index is 12.4. The molecule has 1 N–H and O–H groups in total. The van der Waals surface area contributed by atoms with Crippen LogP contribution in [0.5, 0.6) is 0 Å². The monoisotopic (exact) mass is 494 g/mol. The number of esters is 1. The van der Waals surface area contributed by atoms with Crippen LogP contribution >= 0.6 is 23.2 Å². The number of hydrogen-bond donors (Lipinski definition) is 1. The van der Waals surface area contributed by atoms with Gasteiger partial charge in [0, 0.05) is 35.6 Å². The van der Waals surface area contributed by atoms with Gasteiger partial charge in [0.25, 0.3) is 11.8 Å². The number of carbonyl (C=O) groups excluding carboxylic acids is 3. The topological polar surface area (TPSA) is 88.9 Å². The van der Waals surface area contributed by atoms with Crippen LogP contribution in [0.25, 0.3) is 0 Å². The third-order valence-electron chi connectivity index (χ3n) is 5.78. The Balaban J connectivity index is 1.41. The van der Waals surface area contributed by atoms with Crippen LogP contribution in [-0.4, -0.2) is 48.9 Å². The first-order valence-electron chi connectivity index (χ1n) is 11.1. The number of nitrogens with one attached hydrogen (secondary N) is 1. The predicted octanol–water partition coefficient (Wildman–Crippen LogP) is 4.68. The summed E-state index contributed by atoms with van der Waals surface area (Å²) in [5.41, 5.74) is 0.927. The fraction of sp³-hybridized carbons (Fsp3) is 0.458. The Morgan fingerprint density at radius 2 is 1.97 bits per heavy atom. The molecule has 2 heterocycles. The average molecular weight is 495 g/mol. The molecule has 0 bridgehead atoms. The zero-order chi connectivity index (χ0) is 23.8. The van der Waals surface area contributed by atoms with Gasteiger partial charge in [-0.15, -0.1) is 0 Å². The highest BCUT2D eigenvalue weighted by atomic mass is 35.5. The van der Waals surface area contributed by atoms with Gasteiger partial charge in [0.2, 0.25) is 0 Å². The third-order valence-corrected chi connectivity index (χ3v) is 6.34. The van der Waals surface area contributed by atoms with Crippen molar-refractivity contribution >= 4 is 41.0 Å². The van der Waals surface area contributed by atoms with Crippen LogP contribution in [0.2, 0.25) is 10.0 Å². The summed E-state index contributed by atoms with van der Waals surface area (Å²) in [4.78, 5) is 38.6. The molecule has 1 aromatic carbocycles. The van der Waals surface area contributed by atoms with E-state index in [0.29, 0.717) is 42.5 Å². The molecule has 1 fully saturated rings. The van der Waals surface area contributed by atoms with Crippen molar-refractivity contribution in [2.75, 3.05) is 26.2 Å². The Labute approximate surface area is 203 Å². The predicted molar refractivity (Wildman–Crippen MR) is 125 cm³/mol. The summed E-state index contributed by atoms with van der Waals surface area (Å²) < 4.78 is 10.4. The normalized spacial score (nSPS) is 15.2. The minimum atomic E-state index is -0.416. The second kappa shape index (κ2) is 12.1. The average Bonchev–Trinajstić information content (AvgIpc) is 3.35. The lowest BCUT2D eigenvalue weighted by atomic mass is 9.94. The first kappa shape index (κ1) is 25.1. The third kappa shape index (κ3) is 6.98. The van der Waals surface area contributed by atoms with Gasteiger partial charge in [0.1, 0.15) is 0 Å². The number of halogens is 2. The molecule has 1 aliphatic heterocycles. The number of amides is 2. The Morgan fingerprint density at radius 1 is 1.21 bits per heavy atom. The SMILES string of the molecule is CCCC(CNC(=O)COC(=O)C1CCN(C(=O)c2ccco2)CC1)c1ccc(Cl)cc1Cl. The van der Waals surface area contributed by atoms with Crippen LogP contribution in [0.1, 0.15) is 54.6 Å². The number of carbonyl (C=O) groups is 3. The smallest absolute Gasteiger partial charge is 0.309 e. The highest BCUT2D eigenvalue weighted by molar-refractivity contribution is 6.35. The minimum absolute atomic E-state index is 0.0374. The molecule has 2 aromatic rings. The van der Waals surface area contributed by atoms with Crippen molar-refractivity contribution in [3.63, 3.8) is 0 Å². The lowest BCUT2D eigenvalue weighted by Gasteiger charge is -2.30. The van der Waals surface area contributed by atoms with Crippen LogP contribution in [0.15, 0.2) is 41.0 Å². The fourth-order valence-electron chi connectivity index (χ4n) is 3.97. The van der Waals surface area contributed by atoms with E-state index in [0.717, 1.165) is 18.4 Å². The molecule has 33 heavy (non-hydrogen) atoms. The van der Waals surface area contributed by atoms with Crippen LogP contribution < -0.4 is 5.32 Å². The van der Waals surface area contributed by atoms with Crippen molar-refractivity contribution in [2.24, 2.45) is 5.92 Å². The van der Waals surface area contributed by atoms with E-state index in [4.69, 9.17) is 32.4 Å². The summed E-state index contributed by atoms with van der Waals surface area (Å²) in [6, 6.07) is 8.63. The summed E-state index contributed by atoms with van der Waals surface area (Å²) in [6.07, 6.45) is 4.20. The maximum absolute atomic E-state index is 12.4. The zero-order valence-electron chi connectivity index (χ0n) is 18.5. The molecular formula is C24H28Cl2N2O5. The number of nitrogens with zero attached hydrogens (tertiary/aromatic N) is 1. The van der Waals surface area contributed by atoms with E-state index in [9.17, 15) is 14.4 Å². The van der Waals surface area contributed by atoms with E-state index in [1.165, 1.54) is 6.26 Å². The van der Waals surface area contributed by atoms with Crippen molar-refractivity contribution in [1.82, 2.24) is 10.2 Å². The number of rotatable bonds is 9. The second-order valence-electron chi connectivity index (χ2n) is 8.11. The van der Waals surface area contributed by atoms with E-state index >= 15 is 0 Å². The van der Waals surface area contributed by atoms with Gasteiger partial charge in [-0.25, -0.2) is 0 Å². The molecular weight excluding hydrogens is 467 g/mol. The van der Waals surface area contributed by atoms with E-state index in [1.54, 1.807) is 29.2 Å². The maximum Gasteiger partial charge on any atom is 0.309 e. The van der Waals surface area contributed by atoms with E-state index in [2.05, 4.69) is 12.2 Å². The van der Waals surface area contributed by atoms with Crippen molar-refractivity contribution in [3.05, 3.63) is 58.0 Å². The Bertz CT molecular complexity index is 956. The standard InChI is InChI=1S/C24H28Cl2N2O5/c1-2-4-17(19-7-6-18(25)13-20(19)26)14-27-22(29)15-33-24(31)16-8-10-28(11-9-16)23(30)21-5-3-12-32-21/h3,5-7,12-13,16-17H,2,4,8-11,14-15H2,1H3,(H,27,29). The molecule has 0 aliphatic carbocycles. The molecule has 0 radical (unpaired) electrons. The van der Waals surface area contributed by atoms with Gasteiger partial charge in [-0.1, -0.05) is 42.6 Å². The van der Waals surface area contributed by atoms with Crippen LogP contribution in [0.4, 0.5) is 0 Å². The number of likely N-dealkylation sites (tertiary alicyclic amines) is 1. The molecule has 178 valence electrons. The number of ether oxygens (including phenoxy) is 1. The van der Waals surface area contributed by atoms with E-state index < -0.39 is 5.97 Å². The highest BCUT2D eigenvalue weighted by Gasteiger charge is 2.30. The molecule has 0 spiro atoms. The molecule has 7 nitrogen and oxygen atoms in total. The molecule has 1 unspecified atom stereocenters. The lowest BCUT2D eigenvalue weighted by molar-refractivity contribution is -0.153. The molecule has 1 aromatic heterocycles. The van der Waals surface area contributed by atoms with Crippen LogP contribution in [0.3, 0.4) is 0 Å². The van der Waals surface area contributed by atoms with Crippen molar-refractivity contribution in [2.45, 2.75) is 38.5 Å². The number of benzene rings is 1. The molecule has 9 heteroatoms. The Kier molecular flexibility index (Phi) is 9.21. The van der Waals surface area contributed by atoms with Crippen LogP contribution in [-0.2, 0) is 14.3 Å². The number of piperidine rings is 1. The second-order valence-corrected chi connectivity index (χ2v) is 8.95. The van der Waals surface area contributed by atoms with Gasteiger partial charge < -0.3 is 19.4 Å². The summed E-state index contributed by atoms with van der Waals surface area (Å²) in [5, 5.41) is 3.96. The van der Waals surface area contributed by atoms with Gasteiger partial charge in [-0.05, 0) is 49.1 Å². The summed E-state index contributed by atoms with van der Waals surface area (Å²) in [5.74, 6) is -0.974. The quantitative estimate of drug-likeness (QED) is 0.511. The first-order valence-corrected chi connectivity index (χ1v) is 11.9. The lowest BCUT2D eigenvalue weighted by Crippen LogP contribution is -2.41. The van der Waals surface area contributed by atoms with Crippen molar-refractivity contribution in [1.29, 1.82) is 0 Å². The number of hydrogen-bond acceptors (Lipinski definition) is 5. The molecule has 1 atom stereocenters. The molecule has 2 amide bonds. The van der Waals surface area contributed by atoms with Gasteiger partial charge in [-0.3, -0.25) is 14.4 Å². The van der Waals surface area contributed by atoms with Gasteiger partial charge in [0.05, 0.1) is 12.2 Å². The summed E-state index contributed by atoms with van der Waals surface area (Å²) in [6.45, 7) is 2.99. The molecule has 1 aliphatic rings. The molecule has 1 saturated heterocycles. The summed E-state index contributed by atoms with van der Waals surface area (Å²) in [7, 11) is 0. The van der Waals surface area contributed by atoms with Gasteiger partial charge >= 0.3 is 5.97 Å². The fourth-order valence-corrected chi connectivity index (χ4v) is 4.53. The molecule has 3 rings (SSSR count).